The van der Waals surface area contributed by atoms with E-state index in [4.69, 9.17) is 28.4 Å². The Kier molecular flexibility index (Phi) is 7.57. The molecular weight excluding hydrogens is 508 g/mol. The third kappa shape index (κ3) is 4.41. The molecule has 10 heteroatoms. The van der Waals surface area contributed by atoms with Crippen molar-refractivity contribution in [2.24, 2.45) is 34.5 Å². The molecule has 5 rings (SSSR count). The first-order chi connectivity index (χ1) is 18.4. The number of hydrogen-bond donors (Lipinski definition) is 1. The highest BCUT2D eigenvalue weighted by Gasteiger charge is 2.81. The molecule has 10 nitrogen and oxygen atoms in total. The summed E-state index contributed by atoms with van der Waals surface area (Å²) in [5.41, 5.74) is -2.88. The molecule has 0 amide bonds. The molecule has 39 heavy (non-hydrogen) atoms. The Bertz CT molecular complexity index is 967. The van der Waals surface area contributed by atoms with Gasteiger partial charge in [-0.2, -0.15) is 0 Å². The van der Waals surface area contributed by atoms with Crippen molar-refractivity contribution < 1.29 is 47.9 Å². The maximum absolute atomic E-state index is 13.2. The van der Waals surface area contributed by atoms with Gasteiger partial charge in [0.2, 0.25) is 0 Å². The lowest BCUT2D eigenvalue weighted by atomic mass is 9.41. The average molecular weight is 553 g/mol. The highest BCUT2D eigenvalue weighted by atomic mass is 16.7. The smallest absolute Gasteiger partial charge is 0.308 e. The van der Waals surface area contributed by atoms with E-state index in [1.165, 1.54) is 13.8 Å². The van der Waals surface area contributed by atoms with Crippen LogP contribution in [0, 0.1) is 34.5 Å². The van der Waals surface area contributed by atoms with Crippen molar-refractivity contribution in [3.63, 3.8) is 0 Å². The lowest BCUT2D eigenvalue weighted by molar-refractivity contribution is -0.293. The van der Waals surface area contributed by atoms with Crippen molar-refractivity contribution in [2.45, 2.75) is 110 Å². The van der Waals surface area contributed by atoms with Crippen LogP contribution in [-0.4, -0.2) is 79.1 Å². The molecule has 220 valence electrons. The van der Waals surface area contributed by atoms with Gasteiger partial charge in [0.05, 0.1) is 36.8 Å². The Balaban J connectivity index is 1.67. The molecule has 0 aromatic heterocycles. The second kappa shape index (κ2) is 10.3. The Labute approximate surface area is 230 Å². The molecule has 3 saturated heterocycles. The fourth-order valence-corrected chi connectivity index (χ4v) is 8.34. The molecular formula is C29H44O10. The number of esters is 3. The van der Waals surface area contributed by atoms with Crippen LogP contribution in [0.3, 0.4) is 0 Å². The topological polar surface area (TPSA) is 130 Å². The monoisotopic (exact) mass is 552 g/mol. The normalized spacial score (nSPS) is 47.2. The van der Waals surface area contributed by atoms with Crippen molar-refractivity contribution >= 4 is 17.9 Å². The zero-order valence-corrected chi connectivity index (χ0v) is 24.0. The highest BCUT2D eigenvalue weighted by Crippen LogP contribution is 2.70. The molecule has 5 fully saturated rings. The number of hydrogen-bond acceptors (Lipinski definition) is 10. The number of epoxide rings is 1. The average Bonchev–Trinajstić information content (AvgIpc) is 3.38. The molecule has 3 heterocycles. The van der Waals surface area contributed by atoms with E-state index in [0.29, 0.717) is 19.4 Å². The van der Waals surface area contributed by atoms with Gasteiger partial charge >= 0.3 is 17.9 Å². The number of carbonyl (C=O) groups is 3. The van der Waals surface area contributed by atoms with Gasteiger partial charge in [0.15, 0.2) is 6.29 Å². The van der Waals surface area contributed by atoms with Crippen LogP contribution in [0.25, 0.3) is 0 Å². The van der Waals surface area contributed by atoms with E-state index in [2.05, 4.69) is 13.8 Å². The SMILES string of the molecule is CC[C@@H](C)C(=O)O[C@@H]1C[C@H](O)[C@]2(CO2)[C@]2(COC(C)=O)[C@@H](OC(C)=O)C[C@@H](C)[C@](C)([C@H]3C[C@H]4CCO[C@H]4O3)[C@@H]12. The van der Waals surface area contributed by atoms with Gasteiger partial charge in [0, 0.05) is 37.5 Å². The van der Waals surface area contributed by atoms with Crippen LogP contribution in [0.4, 0.5) is 0 Å². The Hall–Kier alpha value is -1.75. The van der Waals surface area contributed by atoms with Crippen LogP contribution >= 0.6 is 0 Å². The van der Waals surface area contributed by atoms with Gasteiger partial charge < -0.3 is 33.5 Å². The van der Waals surface area contributed by atoms with Gasteiger partial charge in [-0.15, -0.1) is 0 Å². The maximum Gasteiger partial charge on any atom is 0.308 e. The van der Waals surface area contributed by atoms with Gasteiger partial charge in [0.1, 0.15) is 24.4 Å². The number of carbonyl (C=O) groups excluding carboxylic acids is 3. The van der Waals surface area contributed by atoms with E-state index >= 15 is 0 Å². The summed E-state index contributed by atoms with van der Waals surface area (Å²) < 4.78 is 36.6. The van der Waals surface area contributed by atoms with Crippen molar-refractivity contribution in [2.75, 3.05) is 19.8 Å². The first kappa shape index (κ1) is 28.8. The number of rotatable bonds is 7. The summed E-state index contributed by atoms with van der Waals surface area (Å²) in [6, 6.07) is 0. The van der Waals surface area contributed by atoms with Crippen LogP contribution in [-0.2, 0) is 42.8 Å². The molecule has 0 unspecified atom stereocenters. The lowest BCUT2D eigenvalue weighted by Gasteiger charge is -2.66. The summed E-state index contributed by atoms with van der Waals surface area (Å²) in [7, 11) is 0. The molecule has 3 aliphatic heterocycles. The van der Waals surface area contributed by atoms with E-state index in [0.717, 1.165) is 12.8 Å². The van der Waals surface area contributed by atoms with E-state index in [-0.39, 0.29) is 55.8 Å². The van der Waals surface area contributed by atoms with Crippen LogP contribution in [0.5, 0.6) is 0 Å². The fourth-order valence-electron chi connectivity index (χ4n) is 8.34. The molecule has 0 aromatic carbocycles. The van der Waals surface area contributed by atoms with Crippen LogP contribution < -0.4 is 0 Å². The van der Waals surface area contributed by atoms with E-state index in [1.807, 2.05) is 13.8 Å². The van der Waals surface area contributed by atoms with Gasteiger partial charge in [0.25, 0.3) is 0 Å². The van der Waals surface area contributed by atoms with Gasteiger partial charge in [-0.3, -0.25) is 14.4 Å². The van der Waals surface area contributed by atoms with Crippen LogP contribution in [0.1, 0.15) is 73.6 Å². The minimum Gasteiger partial charge on any atom is -0.465 e. The Morgan fingerprint density at radius 1 is 1.10 bits per heavy atom. The molecule has 0 aromatic rings. The molecule has 2 aliphatic carbocycles. The number of aliphatic hydroxyl groups excluding tert-OH is 1. The summed E-state index contributed by atoms with van der Waals surface area (Å²) in [5.74, 6) is -1.90. The first-order valence-corrected chi connectivity index (χ1v) is 14.5. The molecule has 1 N–H and O–H groups in total. The first-order valence-electron chi connectivity index (χ1n) is 14.5. The van der Waals surface area contributed by atoms with E-state index in [1.54, 1.807) is 0 Å². The van der Waals surface area contributed by atoms with Crippen molar-refractivity contribution in [3.05, 3.63) is 0 Å². The fraction of sp³-hybridized carbons (Fsp3) is 0.897. The van der Waals surface area contributed by atoms with Gasteiger partial charge in [-0.25, -0.2) is 0 Å². The zero-order valence-electron chi connectivity index (χ0n) is 24.0. The molecule has 12 atom stereocenters. The van der Waals surface area contributed by atoms with Crippen molar-refractivity contribution in [1.29, 1.82) is 0 Å². The predicted molar refractivity (Wildman–Crippen MR) is 136 cm³/mol. The lowest BCUT2D eigenvalue weighted by Crippen LogP contribution is -2.75. The summed E-state index contributed by atoms with van der Waals surface area (Å²) in [6.45, 7) is 11.4. The summed E-state index contributed by atoms with van der Waals surface area (Å²) in [4.78, 5) is 38.0. The zero-order chi connectivity index (χ0) is 28.3. The summed E-state index contributed by atoms with van der Waals surface area (Å²) in [6.07, 6.45) is -0.0662. The minimum atomic E-state index is -1.16. The van der Waals surface area contributed by atoms with Crippen molar-refractivity contribution in [1.82, 2.24) is 0 Å². The Morgan fingerprint density at radius 3 is 2.41 bits per heavy atom. The molecule has 5 aliphatic rings. The highest BCUT2D eigenvalue weighted by molar-refractivity contribution is 5.72. The number of aliphatic hydroxyl groups is 1. The van der Waals surface area contributed by atoms with Crippen LogP contribution in [0.15, 0.2) is 0 Å². The number of ether oxygens (including phenoxy) is 6. The second-order valence-corrected chi connectivity index (χ2v) is 12.8. The Morgan fingerprint density at radius 2 is 1.82 bits per heavy atom. The minimum absolute atomic E-state index is 0.0306. The quantitative estimate of drug-likeness (QED) is 0.286. The maximum atomic E-state index is 13.2. The molecule has 1 spiro atoms. The van der Waals surface area contributed by atoms with E-state index < -0.39 is 52.6 Å². The summed E-state index contributed by atoms with van der Waals surface area (Å²) in [5, 5.41) is 11.6. The van der Waals surface area contributed by atoms with Gasteiger partial charge in [-0.1, -0.05) is 27.7 Å². The third-order valence-corrected chi connectivity index (χ3v) is 10.8. The second-order valence-electron chi connectivity index (χ2n) is 12.8. The standard InChI is InChI=1S/C29H44O10/c1-7-15(2)25(33)38-20-12-21(32)29(14-36-29)28(13-35-17(4)30)23(37-18(5)31)10-16(3)27(6,24(20)28)22-11-19-8-9-34-26(19)39-22/h15-16,19-24,26,32H,7-14H2,1-6H3/t15-,16-,19-,20-,21+,22-,23+,24-,26+,27-,28-,29-/m1/s1. The molecule has 0 radical (unpaired) electrons. The largest absolute Gasteiger partial charge is 0.465 e. The number of fused-ring (bicyclic) bond motifs is 3. The molecule has 2 saturated carbocycles. The van der Waals surface area contributed by atoms with Crippen molar-refractivity contribution in [3.8, 4) is 0 Å². The third-order valence-electron chi connectivity index (χ3n) is 10.8. The summed E-state index contributed by atoms with van der Waals surface area (Å²) >= 11 is 0. The molecule has 0 bridgehead atoms. The van der Waals surface area contributed by atoms with Crippen LogP contribution in [0.2, 0.25) is 0 Å². The predicted octanol–water partition coefficient (Wildman–Crippen LogP) is 2.77. The van der Waals surface area contributed by atoms with E-state index in [9.17, 15) is 19.5 Å². The van der Waals surface area contributed by atoms with Gasteiger partial charge in [-0.05, 0) is 31.6 Å².